The number of benzene rings is 6. The van der Waals surface area contributed by atoms with Crippen molar-refractivity contribution in [2.24, 2.45) is 0 Å². The number of nitrogens with one attached hydrogen (secondary N) is 1. The summed E-state index contributed by atoms with van der Waals surface area (Å²) in [7, 11) is 0. The first-order valence-electron chi connectivity index (χ1n) is 13.7. The maximum absolute atomic E-state index is 4.07. The van der Waals surface area contributed by atoms with Gasteiger partial charge in [-0.25, -0.2) is 0 Å². The molecule has 6 aromatic rings. The molecule has 0 bridgehead atoms. The molecule has 6 aromatic carbocycles. The van der Waals surface area contributed by atoms with Gasteiger partial charge in [0.2, 0.25) is 0 Å². The molecule has 0 spiro atoms. The zero-order valence-corrected chi connectivity index (χ0v) is 22.9. The van der Waals surface area contributed by atoms with Gasteiger partial charge in [0.15, 0.2) is 0 Å². The molecule has 1 nitrogen and oxygen atoms in total. The van der Waals surface area contributed by atoms with Crippen molar-refractivity contribution in [3.63, 3.8) is 0 Å². The molecule has 0 aromatic heterocycles. The Kier molecular flexibility index (Phi) is 6.47. The molecule has 0 radical (unpaired) electrons. The van der Waals surface area contributed by atoms with E-state index in [-0.39, 0.29) is 0 Å². The van der Waals surface area contributed by atoms with E-state index in [0.717, 1.165) is 11.4 Å². The molecule has 1 aliphatic heterocycles. The van der Waals surface area contributed by atoms with E-state index in [4.69, 9.17) is 0 Å². The normalized spacial score (nSPS) is 16.4. The van der Waals surface area contributed by atoms with Crippen LogP contribution in [0.25, 0.3) is 38.7 Å². The van der Waals surface area contributed by atoms with Gasteiger partial charge in [-0.05, 0) is 80.2 Å². The molecule has 0 aliphatic carbocycles. The minimum Gasteiger partial charge on any atom is -0.356 e. The second kappa shape index (κ2) is 10.6. The molecule has 192 valence electrons. The van der Waals surface area contributed by atoms with Crippen LogP contribution in [0.4, 0.5) is 11.4 Å². The Morgan fingerprint density at radius 3 is 2.25 bits per heavy atom. The number of rotatable bonds is 6. The van der Waals surface area contributed by atoms with Gasteiger partial charge in [-0.15, -0.1) is 18.3 Å². The summed E-state index contributed by atoms with van der Waals surface area (Å²) >= 11 is 1.90. The summed E-state index contributed by atoms with van der Waals surface area (Å²) in [6.45, 7) is 4.07. The molecular formula is C38H29NS. The van der Waals surface area contributed by atoms with Gasteiger partial charge >= 0.3 is 0 Å². The molecule has 40 heavy (non-hydrogen) atoms. The van der Waals surface area contributed by atoms with E-state index < -0.39 is 0 Å². The molecule has 1 N–H and O–H groups in total. The van der Waals surface area contributed by atoms with Crippen molar-refractivity contribution in [3.05, 3.63) is 157 Å². The van der Waals surface area contributed by atoms with Crippen molar-refractivity contribution in [2.45, 2.75) is 16.1 Å². The van der Waals surface area contributed by atoms with Crippen LogP contribution in [0.5, 0.6) is 0 Å². The molecule has 2 unspecified atom stereocenters. The average Bonchev–Trinajstić information content (AvgIpc) is 3.38. The van der Waals surface area contributed by atoms with E-state index in [1.54, 1.807) is 0 Å². The zero-order valence-electron chi connectivity index (χ0n) is 22.1. The number of anilines is 2. The minimum absolute atomic E-state index is 0.352. The van der Waals surface area contributed by atoms with Gasteiger partial charge in [0, 0.05) is 27.4 Å². The van der Waals surface area contributed by atoms with Crippen LogP contribution in [0, 0.1) is 0 Å². The monoisotopic (exact) mass is 531 g/mol. The number of thioether (sulfide) groups is 1. The Labute approximate surface area is 239 Å². The first kappa shape index (κ1) is 24.5. The second-order valence-electron chi connectivity index (χ2n) is 10.3. The molecule has 0 saturated carbocycles. The Hall–Kier alpha value is -4.53. The summed E-state index contributed by atoms with van der Waals surface area (Å²) in [6.07, 6.45) is 6.63. The minimum atomic E-state index is 0.352. The topological polar surface area (TPSA) is 12.0 Å². The van der Waals surface area contributed by atoms with Crippen molar-refractivity contribution in [2.75, 3.05) is 5.32 Å². The maximum Gasteiger partial charge on any atom is 0.0390 e. The van der Waals surface area contributed by atoms with E-state index in [1.807, 2.05) is 11.8 Å². The van der Waals surface area contributed by atoms with Crippen LogP contribution in [-0.4, -0.2) is 5.25 Å². The lowest BCUT2D eigenvalue weighted by atomic mass is 9.93. The van der Waals surface area contributed by atoms with Crippen molar-refractivity contribution in [1.82, 2.24) is 0 Å². The van der Waals surface area contributed by atoms with Crippen molar-refractivity contribution >= 4 is 50.8 Å². The van der Waals surface area contributed by atoms with Crippen molar-refractivity contribution in [1.29, 1.82) is 0 Å². The fraction of sp³-hybridized carbons (Fsp3) is 0.0526. The fourth-order valence-corrected chi connectivity index (χ4v) is 7.06. The molecule has 0 fully saturated rings. The number of hydrogen-bond donors (Lipinski definition) is 1. The SMILES string of the molecule is C=CC1Sc2ccccc2C1/C=C/c1ccc(Nc2cccc(-c3cc4ccccc4c4ccccc34)c2)cc1. The van der Waals surface area contributed by atoms with E-state index in [1.165, 1.54) is 48.7 Å². The van der Waals surface area contributed by atoms with Crippen LogP contribution in [0.2, 0.25) is 0 Å². The van der Waals surface area contributed by atoms with E-state index in [2.05, 4.69) is 158 Å². The van der Waals surface area contributed by atoms with Gasteiger partial charge in [-0.2, -0.15) is 0 Å². The van der Waals surface area contributed by atoms with E-state index in [0.29, 0.717) is 11.2 Å². The average molecular weight is 532 g/mol. The highest BCUT2D eigenvalue weighted by Crippen LogP contribution is 2.46. The Morgan fingerprint density at radius 1 is 0.650 bits per heavy atom. The smallest absolute Gasteiger partial charge is 0.0390 e. The number of fused-ring (bicyclic) bond motifs is 4. The quantitative estimate of drug-likeness (QED) is 0.169. The molecule has 1 aliphatic rings. The lowest BCUT2D eigenvalue weighted by Crippen LogP contribution is -2.03. The summed E-state index contributed by atoms with van der Waals surface area (Å²) in [6, 6.07) is 45.7. The second-order valence-corrected chi connectivity index (χ2v) is 11.5. The van der Waals surface area contributed by atoms with E-state index in [9.17, 15) is 0 Å². The Balaban J connectivity index is 1.13. The highest BCUT2D eigenvalue weighted by Gasteiger charge is 2.28. The van der Waals surface area contributed by atoms with Crippen LogP contribution >= 0.6 is 11.8 Å². The van der Waals surface area contributed by atoms with Crippen molar-refractivity contribution in [3.8, 4) is 11.1 Å². The number of hydrogen-bond acceptors (Lipinski definition) is 2. The number of allylic oxidation sites excluding steroid dienone is 1. The first-order valence-corrected chi connectivity index (χ1v) is 14.6. The molecule has 2 atom stereocenters. The summed E-state index contributed by atoms with van der Waals surface area (Å²) in [5.74, 6) is 0.352. The lowest BCUT2D eigenvalue weighted by Gasteiger charge is -2.13. The maximum atomic E-state index is 4.07. The van der Waals surface area contributed by atoms with Crippen LogP contribution < -0.4 is 5.32 Å². The van der Waals surface area contributed by atoms with Crippen LogP contribution in [0.1, 0.15) is 17.0 Å². The molecule has 1 heterocycles. The molecular weight excluding hydrogens is 502 g/mol. The van der Waals surface area contributed by atoms with Crippen LogP contribution in [-0.2, 0) is 0 Å². The predicted molar refractivity (Wildman–Crippen MR) is 175 cm³/mol. The van der Waals surface area contributed by atoms with Gasteiger partial charge in [-0.3, -0.25) is 0 Å². The summed E-state index contributed by atoms with van der Waals surface area (Å²) < 4.78 is 0. The summed E-state index contributed by atoms with van der Waals surface area (Å²) in [5.41, 5.74) is 7.20. The Morgan fingerprint density at radius 2 is 1.40 bits per heavy atom. The predicted octanol–water partition coefficient (Wildman–Crippen LogP) is 10.9. The zero-order chi connectivity index (χ0) is 26.9. The largest absolute Gasteiger partial charge is 0.356 e. The van der Waals surface area contributed by atoms with Crippen molar-refractivity contribution < 1.29 is 0 Å². The highest BCUT2D eigenvalue weighted by molar-refractivity contribution is 8.00. The third kappa shape index (κ3) is 4.61. The Bertz CT molecular complexity index is 1880. The van der Waals surface area contributed by atoms with Gasteiger partial charge < -0.3 is 5.32 Å². The molecule has 7 rings (SSSR count). The van der Waals surface area contributed by atoms with Gasteiger partial charge in [0.05, 0.1) is 0 Å². The summed E-state index contributed by atoms with van der Waals surface area (Å²) in [4.78, 5) is 1.36. The fourth-order valence-electron chi connectivity index (χ4n) is 5.78. The molecule has 0 amide bonds. The highest BCUT2D eigenvalue weighted by atomic mass is 32.2. The van der Waals surface area contributed by atoms with Crippen LogP contribution in [0.3, 0.4) is 0 Å². The van der Waals surface area contributed by atoms with E-state index >= 15 is 0 Å². The summed E-state index contributed by atoms with van der Waals surface area (Å²) in [5, 5.41) is 9.11. The third-order valence-electron chi connectivity index (χ3n) is 7.76. The van der Waals surface area contributed by atoms with Gasteiger partial charge in [-0.1, -0.05) is 109 Å². The lowest BCUT2D eigenvalue weighted by molar-refractivity contribution is 0.896. The third-order valence-corrected chi connectivity index (χ3v) is 9.15. The van der Waals surface area contributed by atoms with Crippen LogP contribution in [0.15, 0.2) is 151 Å². The standard InChI is InChI=1S/C38H29NS/c1-2-37-35(34-16-7-8-17-38(34)40-37)23-20-26-18-21-29(22-19-26)39-30-12-9-11-27(24-30)36-25-28-10-3-4-13-31(28)32-14-5-6-15-33(32)36/h2-25,35,37,39H,1H2/b23-20+. The van der Waals surface area contributed by atoms with Gasteiger partial charge in [0.25, 0.3) is 0 Å². The molecule has 2 heteroatoms. The molecule has 0 saturated heterocycles. The first-order chi connectivity index (χ1) is 19.8. The van der Waals surface area contributed by atoms with Gasteiger partial charge in [0.1, 0.15) is 0 Å².